The predicted octanol–water partition coefficient (Wildman–Crippen LogP) is 2.58. The van der Waals surface area contributed by atoms with Crippen molar-refractivity contribution in [1.29, 1.82) is 0 Å². The highest BCUT2D eigenvalue weighted by Crippen LogP contribution is 2.47. The van der Waals surface area contributed by atoms with E-state index in [2.05, 4.69) is 10.6 Å². The molecule has 5 nitrogen and oxygen atoms in total. The second kappa shape index (κ2) is 7.21. The molecular weight excluding hydrogens is 325 g/mol. The van der Waals surface area contributed by atoms with E-state index in [1.807, 2.05) is 0 Å². The summed E-state index contributed by atoms with van der Waals surface area (Å²) in [6.45, 7) is 0.819. The van der Waals surface area contributed by atoms with Crippen LogP contribution in [0.1, 0.15) is 24.8 Å². The molecule has 1 saturated carbocycles. The van der Waals surface area contributed by atoms with Crippen molar-refractivity contribution in [2.45, 2.75) is 25.4 Å². The van der Waals surface area contributed by atoms with Gasteiger partial charge in [0.15, 0.2) is 0 Å². The second-order valence-corrected chi connectivity index (χ2v) is 5.68. The first-order valence-corrected chi connectivity index (χ1v) is 7.56. The van der Waals surface area contributed by atoms with Crippen molar-refractivity contribution in [2.24, 2.45) is 5.41 Å². The van der Waals surface area contributed by atoms with Gasteiger partial charge in [0.25, 0.3) is 0 Å². The van der Waals surface area contributed by atoms with Gasteiger partial charge in [-0.2, -0.15) is 13.2 Å². The summed E-state index contributed by atoms with van der Waals surface area (Å²) in [5, 5.41) is 4.89. The third-order valence-corrected chi connectivity index (χ3v) is 3.91. The van der Waals surface area contributed by atoms with Gasteiger partial charge in [-0.15, -0.1) is 0 Å². The molecule has 2 rings (SSSR count). The van der Waals surface area contributed by atoms with Crippen molar-refractivity contribution in [3.05, 3.63) is 29.8 Å². The van der Waals surface area contributed by atoms with Gasteiger partial charge < -0.3 is 15.4 Å². The van der Waals surface area contributed by atoms with Gasteiger partial charge in [0.2, 0.25) is 11.8 Å². The Bertz CT molecular complexity index is 613. The molecule has 0 heterocycles. The zero-order valence-corrected chi connectivity index (χ0v) is 13.2. The largest absolute Gasteiger partial charge is 0.418 e. The van der Waals surface area contributed by atoms with Gasteiger partial charge in [-0.3, -0.25) is 9.59 Å². The van der Waals surface area contributed by atoms with Crippen molar-refractivity contribution < 1.29 is 27.5 Å². The monoisotopic (exact) mass is 344 g/mol. The van der Waals surface area contributed by atoms with Crippen LogP contribution < -0.4 is 10.6 Å². The number of methoxy groups -OCH3 is 1. The van der Waals surface area contributed by atoms with E-state index >= 15 is 0 Å². The van der Waals surface area contributed by atoms with Crippen LogP contribution >= 0.6 is 0 Å². The van der Waals surface area contributed by atoms with Crippen LogP contribution in [0.25, 0.3) is 0 Å². The molecule has 1 aromatic rings. The summed E-state index contributed by atoms with van der Waals surface area (Å²) in [6, 6.07) is 4.70. The minimum Gasteiger partial charge on any atom is -0.385 e. The minimum atomic E-state index is -4.58. The first-order valence-electron chi connectivity index (χ1n) is 7.56. The predicted molar refractivity (Wildman–Crippen MR) is 81.2 cm³/mol. The Balaban J connectivity index is 2.04. The minimum absolute atomic E-state index is 0.323. The smallest absolute Gasteiger partial charge is 0.385 e. The van der Waals surface area contributed by atoms with E-state index in [1.165, 1.54) is 25.3 Å². The summed E-state index contributed by atoms with van der Waals surface area (Å²) in [7, 11) is 1.54. The van der Waals surface area contributed by atoms with Gasteiger partial charge in [-0.25, -0.2) is 0 Å². The number of alkyl halides is 3. The molecule has 1 aliphatic carbocycles. The van der Waals surface area contributed by atoms with E-state index in [0.29, 0.717) is 32.4 Å². The Morgan fingerprint density at radius 1 is 1.21 bits per heavy atom. The summed E-state index contributed by atoms with van der Waals surface area (Å²) in [4.78, 5) is 24.5. The van der Waals surface area contributed by atoms with E-state index < -0.39 is 29.0 Å². The van der Waals surface area contributed by atoms with E-state index in [0.717, 1.165) is 6.07 Å². The molecule has 24 heavy (non-hydrogen) atoms. The molecule has 0 aromatic heterocycles. The normalized spacial score (nSPS) is 15.7. The maximum Gasteiger partial charge on any atom is 0.418 e. The number of amides is 2. The highest BCUT2D eigenvalue weighted by atomic mass is 19.4. The highest BCUT2D eigenvalue weighted by Gasteiger charge is 2.56. The number of benzene rings is 1. The third-order valence-electron chi connectivity index (χ3n) is 3.91. The standard InChI is InChI=1S/C16H19F3N2O3/c1-24-10-4-9-20-13(22)15(7-8-15)14(23)21-12-6-3-2-5-11(12)16(17,18)19/h2-3,5-6H,4,7-10H2,1H3,(H,20,22)(H,21,23). The van der Waals surface area contributed by atoms with E-state index in [4.69, 9.17) is 4.74 Å². The van der Waals surface area contributed by atoms with Crippen LogP contribution in [0.3, 0.4) is 0 Å². The molecule has 8 heteroatoms. The Labute approximate surface area is 137 Å². The van der Waals surface area contributed by atoms with E-state index in [-0.39, 0.29) is 5.69 Å². The molecule has 2 N–H and O–H groups in total. The van der Waals surface area contributed by atoms with Crippen LogP contribution in [-0.4, -0.2) is 32.1 Å². The maximum absolute atomic E-state index is 13.0. The number of hydrogen-bond acceptors (Lipinski definition) is 3. The Kier molecular flexibility index (Phi) is 5.48. The average molecular weight is 344 g/mol. The fourth-order valence-corrected chi connectivity index (χ4v) is 2.35. The second-order valence-electron chi connectivity index (χ2n) is 5.68. The molecule has 1 fully saturated rings. The molecular formula is C16H19F3N2O3. The first kappa shape index (κ1) is 18.3. The topological polar surface area (TPSA) is 67.4 Å². The number of nitrogens with one attached hydrogen (secondary N) is 2. The molecule has 0 unspecified atom stereocenters. The van der Waals surface area contributed by atoms with Crippen LogP contribution in [0.4, 0.5) is 18.9 Å². The van der Waals surface area contributed by atoms with Crippen LogP contribution in [0, 0.1) is 5.41 Å². The fourth-order valence-electron chi connectivity index (χ4n) is 2.35. The van der Waals surface area contributed by atoms with Crippen molar-refractivity contribution in [2.75, 3.05) is 25.6 Å². The molecule has 2 amide bonds. The number of carbonyl (C=O) groups excluding carboxylic acids is 2. The van der Waals surface area contributed by atoms with Gasteiger partial charge in [0, 0.05) is 20.3 Å². The number of rotatable bonds is 7. The maximum atomic E-state index is 13.0. The zero-order valence-electron chi connectivity index (χ0n) is 13.2. The number of ether oxygens (including phenoxy) is 1. The third kappa shape index (κ3) is 4.05. The quantitative estimate of drug-likeness (QED) is 0.590. The summed E-state index contributed by atoms with van der Waals surface area (Å²) in [5.41, 5.74) is -2.55. The van der Waals surface area contributed by atoms with Gasteiger partial charge in [-0.05, 0) is 31.4 Å². The molecule has 0 atom stereocenters. The average Bonchev–Trinajstić information content (AvgIpc) is 3.33. The van der Waals surface area contributed by atoms with Crippen molar-refractivity contribution >= 4 is 17.5 Å². The molecule has 1 aliphatic rings. The van der Waals surface area contributed by atoms with E-state index in [9.17, 15) is 22.8 Å². The van der Waals surface area contributed by atoms with Crippen molar-refractivity contribution in [1.82, 2.24) is 5.32 Å². The molecule has 1 aromatic carbocycles. The lowest BCUT2D eigenvalue weighted by molar-refractivity contribution is -0.137. The zero-order chi connectivity index (χ0) is 17.8. The van der Waals surface area contributed by atoms with Crippen LogP contribution in [0.2, 0.25) is 0 Å². The Morgan fingerprint density at radius 3 is 2.46 bits per heavy atom. The number of hydrogen-bond donors (Lipinski definition) is 2. The molecule has 0 spiro atoms. The summed E-state index contributed by atoms with van der Waals surface area (Å²) in [6.07, 6.45) is -3.34. The lowest BCUT2D eigenvalue weighted by Gasteiger charge is -2.18. The molecule has 0 radical (unpaired) electrons. The van der Waals surface area contributed by atoms with Gasteiger partial charge in [0.1, 0.15) is 5.41 Å². The number of para-hydroxylation sites is 1. The van der Waals surface area contributed by atoms with Crippen molar-refractivity contribution in [3.63, 3.8) is 0 Å². The van der Waals surface area contributed by atoms with Gasteiger partial charge in [-0.1, -0.05) is 12.1 Å². The molecule has 0 bridgehead atoms. The van der Waals surface area contributed by atoms with Crippen LogP contribution in [0.5, 0.6) is 0 Å². The Morgan fingerprint density at radius 2 is 1.88 bits per heavy atom. The van der Waals surface area contributed by atoms with Gasteiger partial charge >= 0.3 is 6.18 Å². The number of carbonyl (C=O) groups is 2. The van der Waals surface area contributed by atoms with Crippen molar-refractivity contribution in [3.8, 4) is 0 Å². The number of anilines is 1. The Hall–Kier alpha value is -2.09. The van der Waals surface area contributed by atoms with Gasteiger partial charge in [0.05, 0.1) is 11.3 Å². The highest BCUT2D eigenvalue weighted by molar-refractivity contribution is 6.13. The van der Waals surface area contributed by atoms with E-state index in [1.54, 1.807) is 0 Å². The van der Waals surface area contributed by atoms with Crippen LogP contribution in [0.15, 0.2) is 24.3 Å². The number of halogens is 3. The lowest BCUT2D eigenvalue weighted by Crippen LogP contribution is -2.40. The molecule has 132 valence electrons. The SMILES string of the molecule is COCCCNC(=O)C1(C(=O)Nc2ccccc2C(F)(F)F)CC1. The fraction of sp³-hybridized carbons (Fsp3) is 0.500. The first-order chi connectivity index (χ1) is 11.3. The molecule has 0 aliphatic heterocycles. The summed E-state index contributed by atoms with van der Waals surface area (Å²) < 4.78 is 43.8. The summed E-state index contributed by atoms with van der Waals surface area (Å²) in [5.74, 6) is -1.16. The summed E-state index contributed by atoms with van der Waals surface area (Å²) >= 11 is 0. The van der Waals surface area contributed by atoms with Crippen LogP contribution in [-0.2, 0) is 20.5 Å². The lowest BCUT2D eigenvalue weighted by atomic mass is 10.0. The molecule has 0 saturated heterocycles.